The number of rotatable bonds is 4. The predicted octanol–water partition coefficient (Wildman–Crippen LogP) is 4.55. The van der Waals surface area contributed by atoms with Crippen LogP contribution in [0.1, 0.15) is 16.1 Å². The lowest BCUT2D eigenvalue weighted by molar-refractivity contribution is 0.0594. The Morgan fingerprint density at radius 2 is 2.10 bits per heavy atom. The monoisotopic (exact) mass is 388 g/mol. The molecule has 0 aliphatic rings. The summed E-state index contributed by atoms with van der Waals surface area (Å²) in [4.78, 5) is 15.5. The largest absolute Gasteiger partial charge is 0.464 e. The van der Waals surface area contributed by atoms with Crippen LogP contribution in [0.25, 0.3) is 0 Å². The molecule has 0 aliphatic heterocycles. The Kier molecular flexibility index (Phi) is 5.45. The third-order valence-electron chi connectivity index (χ3n) is 2.73. The second-order valence-corrected chi connectivity index (χ2v) is 5.71. The quantitative estimate of drug-likeness (QED) is 0.615. The molecule has 7 heteroatoms. The van der Waals surface area contributed by atoms with Crippen LogP contribution >= 0.6 is 39.1 Å². The van der Waals surface area contributed by atoms with E-state index in [1.54, 1.807) is 6.07 Å². The summed E-state index contributed by atoms with van der Waals surface area (Å²) in [6.07, 6.45) is 0. The minimum absolute atomic E-state index is 0.0127. The lowest BCUT2D eigenvalue weighted by Gasteiger charge is -2.12. The first-order valence-corrected chi connectivity index (χ1v) is 7.49. The fraction of sp³-hybridized carbons (Fsp3) is 0.143. The summed E-state index contributed by atoms with van der Waals surface area (Å²) >= 11 is 15.5. The molecule has 0 radical (unpaired) electrons. The fourth-order valence-corrected chi connectivity index (χ4v) is 2.55. The molecule has 1 aromatic heterocycles. The van der Waals surface area contributed by atoms with Crippen molar-refractivity contribution in [3.05, 3.63) is 56.2 Å². The molecule has 0 spiro atoms. The SMILES string of the molecule is COC(=O)c1nc(Cl)cc(NCc2ccccc2Br)c1Cl. The third-order valence-corrected chi connectivity index (χ3v) is 4.08. The standard InChI is InChI=1S/C14H11BrCl2N2O2/c1-21-14(20)13-12(17)10(6-11(16)19-13)18-7-8-4-2-3-5-9(8)15/h2-6H,7H2,1H3,(H,18,19). The van der Waals surface area contributed by atoms with Crippen LogP contribution < -0.4 is 5.32 Å². The normalized spacial score (nSPS) is 10.3. The average molecular weight is 390 g/mol. The first-order valence-electron chi connectivity index (χ1n) is 5.94. The van der Waals surface area contributed by atoms with E-state index in [1.165, 1.54) is 7.11 Å². The van der Waals surface area contributed by atoms with Crippen LogP contribution in [0, 0.1) is 0 Å². The van der Waals surface area contributed by atoms with Crippen molar-refractivity contribution in [1.29, 1.82) is 0 Å². The lowest BCUT2D eigenvalue weighted by atomic mass is 10.2. The Bertz CT molecular complexity index is 680. The Morgan fingerprint density at radius 3 is 2.76 bits per heavy atom. The number of carbonyl (C=O) groups excluding carboxylic acids is 1. The Labute approximate surface area is 140 Å². The second kappa shape index (κ2) is 7.11. The van der Waals surface area contributed by atoms with Gasteiger partial charge in [-0.05, 0) is 11.6 Å². The molecule has 21 heavy (non-hydrogen) atoms. The number of hydrogen-bond donors (Lipinski definition) is 1. The molecule has 2 rings (SSSR count). The third kappa shape index (κ3) is 3.87. The van der Waals surface area contributed by atoms with E-state index in [0.717, 1.165) is 10.0 Å². The molecule has 1 heterocycles. The summed E-state index contributed by atoms with van der Waals surface area (Å²) < 4.78 is 5.60. The molecule has 0 saturated heterocycles. The molecule has 110 valence electrons. The van der Waals surface area contributed by atoms with Gasteiger partial charge in [0.05, 0.1) is 17.8 Å². The van der Waals surface area contributed by atoms with Gasteiger partial charge in [0.15, 0.2) is 5.69 Å². The van der Waals surface area contributed by atoms with E-state index in [4.69, 9.17) is 23.2 Å². The number of benzene rings is 1. The summed E-state index contributed by atoms with van der Waals surface area (Å²) in [6.45, 7) is 0.516. The van der Waals surface area contributed by atoms with Crippen molar-refractivity contribution in [3.63, 3.8) is 0 Å². The van der Waals surface area contributed by atoms with E-state index in [9.17, 15) is 4.79 Å². The van der Waals surface area contributed by atoms with Crippen LogP contribution in [0.2, 0.25) is 10.2 Å². The van der Waals surface area contributed by atoms with Gasteiger partial charge in [-0.3, -0.25) is 0 Å². The molecule has 4 nitrogen and oxygen atoms in total. The number of anilines is 1. The minimum Gasteiger partial charge on any atom is -0.464 e. The van der Waals surface area contributed by atoms with Crippen molar-refractivity contribution in [2.75, 3.05) is 12.4 Å². The summed E-state index contributed by atoms with van der Waals surface area (Å²) in [5.74, 6) is -0.633. The first-order chi connectivity index (χ1) is 10.0. The van der Waals surface area contributed by atoms with Crippen LogP contribution in [0.4, 0.5) is 5.69 Å². The van der Waals surface area contributed by atoms with E-state index >= 15 is 0 Å². The van der Waals surface area contributed by atoms with Gasteiger partial charge in [-0.25, -0.2) is 9.78 Å². The highest BCUT2D eigenvalue weighted by molar-refractivity contribution is 9.10. The zero-order chi connectivity index (χ0) is 15.4. The van der Waals surface area contributed by atoms with Crippen LogP contribution in [0.15, 0.2) is 34.8 Å². The van der Waals surface area contributed by atoms with Crippen molar-refractivity contribution in [3.8, 4) is 0 Å². The summed E-state index contributed by atoms with van der Waals surface area (Å²) in [5.41, 5.74) is 1.55. The van der Waals surface area contributed by atoms with Gasteiger partial charge in [0.25, 0.3) is 0 Å². The van der Waals surface area contributed by atoms with Gasteiger partial charge < -0.3 is 10.1 Å². The molecule has 0 fully saturated rings. The molecule has 0 amide bonds. The molecular weight excluding hydrogens is 379 g/mol. The van der Waals surface area contributed by atoms with Crippen LogP contribution in [-0.4, -0.2) is 18.1 Å². The summed E-state index contributed by atoms with van der Waals surface area (Å²) in [5, 5.41) is 3.48. The molecule has 2 aromatic rings. The molecule has 0 unspecified atom stereocenters. The van der Waals surface area contributed by atoms with Crippen LogP contribution in [0.3, 0.4) is 0 Å². The Balaban J connectivity index is 2.26. The maximum absolute atomic E-state index is 11.6. The number of esters is 1. The van der Waals surface area contributed by atoms with Crippen LogP contribution in [-0.2, 0) is 11.3 Å². The van der Waals surface area contributed by atoms with Crippen molar-refractivity contribution in [1.82, 2.24) is 4.98 Å². The second-order valence-electron chi connectivity index (χ2n) is 4.09. The smallest absolute Gasteiger partial charge is 0.358 e. The van der Waals surface area contributed by atoms with Crippen molar-refractivity contribution in [2.45, 2.75) is 6.54 Å². The predicted molar refractivity (Wildman–Crippen MR) is 87.1 cm³/mol. The minimum atomic E-state index is -0.633. The maximum atomic E-state index is 11.6. The van der Waals surface area contributed by atoms with Crippen molar-refractivity contribution >= 4 is 50.8 Å². The Morgan fingerprint density at radius 1 is 1.38 bits per heavy atom. The van der Waals surface area contributed by atoms with E-state index in [2.05, 4.69) is 31.0 Å². The van der Waals surface area contributed by atoms with E-state index in [1.807, 2.05) is 24.3 Å². The van der Waals surface area contributed by atoms with Crippen LogP contribution in [0.5, 0.6) is 0 Å². The molecule has 0 bridgehead atoms. The van der Waals surface area contributed by atoms with E-state index in [-0.39, 0.29) is 15.9 Å². The molecule has 1 aromatic carbocycles. The zero-order valence-electron chi connectivity index (χ0n) is 11.0. The first kappa shape index (κ1) is 16.1. The molecular formula is C14H11BrCl2N2O2. The number of aromatic nitrogens is 1. The maximum Gasteiger partial charge on any atom is 0.358 e. The number of carbonyl (C=O) groups is 1. The van der Waals surface area contributed by atoms with Gasteiger partial charge in [-0.1, -0.05) is 57.3 Å². The summed E-state index contributed by atoms with van der Waals surface area (Å²) in [7, 11) is 1.26. The van der Waals surface area contributed by atoms with Gasteiger partial charge in [0, 0.05) is 17.1 Å². The lowest BCUT2D eigenvalue weighted by Crippen LogP contribution is -2.08. The number of halogens is 3. The zero-order valence-corrected chi connectivity index (χ0v) is 14.1. The highest BCUT2D eigenvalue weighted by atomic mass is 79.9. The van der Waals surface area contributed by atoms with E-state index in [0.29, 0.717) is 12.2 Å². The highest BCUT2D eigenvalue weighted by Crippen LogP contribution is 2.29. The molecule has 0 atom stereocenters. The molecule has 0 saturated carbocycles. The number of hydrogen-bond acceptors (Lipinski definition) is 4. The van der Waals surface area contributed by atoms with Gasteiger partial charge in [0.1, 0.15) is 5.15 Å². The number of nitrogens with zero attached hydrogens (tertiary/aromatic N) is 1. The van der Waals surface area contributed by atoms with E-state index < -0.39 is 5.97 Å². The van der Waals surface area contributed by atoms with Crippen molar-refractivity contribution < 1.29 is 9.53 Å². The van der Waals surface area contributed by atoms with Gasteiger partial charge in [-0.2, -0.15) is 0 Å². The molecule has 0 aliphatic carbocycles. The molecule has 1 N–H and O–H groups in total. The van der Waals surface area contributed by atoms with Gasteiger partial charge in [-0.15, -0.1) is 0 Å². The van der Waals surface area contributed by atoms with Gasteiger partial charge in [0.2, 0.25) is 0 Å². The van der Waals surface area contributed by atoms with Crippen molar-refractivity contribution in [2.24, 2.45) is 0 Å². The fourth-order valence-electron chi connectivity index (χ4n) is 1.69. The number of pyridine rings is 1. The number of methoxy groups -OCH3 is 1. The topological polar surface area (TPSA) is 51.2 Å². The highest BCUT2D eigenvalue weighted by Gasteiger charge is 2.17. The number of ether oxygens (including phenoxy) is 1. The summed E-state index contributed by atoms with van der Waals surface area (Å²) in [6, 6.07) is 9.34. The number of nitrogens with one attached hydrogen (secondary N) is 1. The Hall–Kier alpha value is -1.30. The van der Waals surface area contributed by atoms with Gasteiger partial charge >= 0.3 is 5.97 Å². The average Bonchev–Trinajstić information content (AvgIpc) is 2.48.